The van der Waals surface area contributed by atoms with Crippen molar-refractivity contribution in [3.8, 4) is 6.07 Å². The van der Waals surface area contributed by atoms with E-state index in [1.807, 2.05) is 0 Å². The zero-order valence-corrected chi connectivity index (χ0v) is 9.61. The molecule has 0 amide bonds. The van der Waals surface area contributed by atoms with Crippen molar-refractivity contribution in [2.75, 3.05) is 0 Å². The van der Waals surface area contributed by atoms with E-state index in [0.717, 1.165) is 6.07 Å². The predicted molar refractivity (Wildman–Crippen MR) is 52.0 cm³/mol. The van der Waals surface area contributed by atoms with Gasteiger partial charge in [0, 0.05) is 10.7 Å². The molecule has 0 saturated heterocycles. The van der Waals surface area contributed by atoms with Gasteiger partial charge < -0.3 is 0 Å². The van der Waals surface area contributed by atoms with Gasteiger partial charge in [0.25, 0.3) is 15.5 Å². The van der Waals surface area contributed by atoms with Crippen LogP contribution in [-0.4, -0.2) is 13.4 Å². The number of rotatable bonds is 2. The van der Waals surface area contributed by atoms with Crippen molar-refractivity contribution in [3.63, 3.8) is 0 Å². The molecule has 9 heteroatoms. The number of aromatic nitrogens is 1. The lowest BCUT2D eigenvalue weighted by Gasteiger charge is -2.05. The first kappa shape index (κ1) is 13.1. The van der Waals surface area contributed by atoms with Gasteiger partial charge in [-0.15, -0.1) is 0 Å². The first-order valence-corrected chi connectivity index (χ1v) is 6.29. The topological polar surface area (TPSA) is 70.8 Å². The van der Waals surface area contributed by atoms with Gasteiger partial charge in [-0.1, -0.05) is 11.6 Å². The van der Waals surface area contributed by atoms with Crippen molar-refractivity contribution in [2.24, 2.45) is 0 Å². The number of nitriles is 1. The van der Waals surface area contributed by atoms with Crippen LogP contribution in [-0.2, 0) is 9.05 Å². The summed E-state index contributed by atoms with van der Waals surface area (Å²) in [4.78, 5) is 3.09. The van der Waals surface area contributed by atoms with Crippen LogP contribution in [0.15, 0.2) is 11.1 Å². The quantitative estimate of drug-likeness (QED) is 0.783. The summed E-state index contributed by atoms with van der Waals surface area (Å²) < 4.78 is 46.7. The Kier molecular flexibility index (Phi) is 3.68. The maximum Gasteiger partial charge on any atom is 0.281 e. The maximum atomic E-state index is 12.4. The van der Waals surface area contributed by atoms with Crippen LogP contribution in [0.2, 0.25) is 5.02 Å². The van der Waals surface area contributed by atoms with Crippen LogP contribution in [0.25, 0.3) is 0 Å². The standard InChI is InChI=1S/C7H2Cl2F2N2O2S/c8-4-1-3(2-12)5(6(10)11)13-7(4)16(9,14)15/h1,6H. The molecular weight excluding hydrogens is 285 g/mol. The Balaban J connectivity index is 3.60. The van der Waals surface area contributed by atoms with Crippen LogP contribution >= 0.6 is 22.3 Å². The molecule has 0 spiro atoms. The van der Waals surface area contributed by atoms with Gasteiger partial charge in [0.2, 0.25) is 0 Å². The van der Waals surface area contributed by atoms with Crippen LogP contribution in [0.5, 0.6) is 0 Å². The molecule has 1 heterocycles. The van der Waals surface area contributed by atoms with Gasteiger partial charge in [-0.25, -0.2) is 22.2 Å². The molecule has 86 valence electrons. The predicted octanol–water partition coefficient (Wildman–Crippen LogP) is 2.47. The van der Waals surface area contributed by atoms with Crippen LogP contribution in [0.4, 0.5) is 8.78 Å². The third kappa shape index (κ3) is 2.58. The molecule has 0 aliphatic heterocycles. The van der Waals surface area contributed by atoms with Gasteiger partial charge in [0.05, 0.1) is 10.6 Å². The van der Waals surface area contributed by atoms with Crippen molar-refractivity contribution in [3.05, 3.63) is 22.3 Å². The first-order chi connectivity index (χ1) is 7.27. The Morgan fingerprint density at radius 1 is 1.50 bits per heavy atom. The second-order valence-corrected chi connectivity index (χ2v) is 5.45. The maximum absolute atomic E-state index is 12.4. The molecule has 4 nitrogen and oxygen atoms in total. The zero-order chi connectivity index (χ0) is 12.5. The molecule has 0 N–H and O–H groups in total. The summed E-state index contributed by atoms with van der Waals surface area (Å²) in [6.45, 7) is 0. The lowest BCUT2D eigenvalue weighted by Crippen LogP contribution is -2.03. The summed E-state index contributed by atoms with van der Waals surface area (Å²) in [5, 5.41) is 7.16. The normalized spacial score (nSPS) is 11.5. The third-order valence-corrected chi connectivity index (χ3v) is 3.14. The van der Waals surface area contributed by atoms with Crippen LogP contribution < -0.4 is 0 Å². The van der Waals surface area contributed by atoms with Crippen LogP contribution in [0.1, 0.15) is 17.7 Å². The minimum atomic E-state index is -4.33. The van der Waals surface area contributed by atoms with E-state index < -0.39 is 36.8 Å². The highest BCUT2D eigenvalue weighted by Gasteiger charge is 2.24. The number of hydrogen-bond donors (Lipinski definition) is 0. The number of pyridine rings is 1. The van der Waals surface area contributed by atoms with E-state index in [2.05, 4.69) is 4.98 Å². The largest absolute Gasteiger partial charge is 0.281 e. The second-order valence-electron chi connectivity index (χ2n) is 2.56. The van der Waals surface area contributed by atoms with E-state index in [1.54, 1.807) is 0 Å². The molecule has 0 aliphatic carbocycles. The van der Waals surface area contributed by atoms with E-state index in [9.17, 15) is 17.2 Å². The minimum absolute atomic E-state index is 0.476. The SMILES string of the molecule is N#Cc1cc(Cl)c(S(=O)(=O)Cl)nc1C(F)F. The number of alkyl halides is 2. The fourth-order valence-corrected chi connectivity index (χ4v) is 2.34. The summed E-state index contributed by atoms with van der Waals surface area (Å²) in [7, 11) is 0.605. The Hall–Kier alpha value is -0.970. The van der Waals surface area contributed by atoms with E-state index in [-0.39, 0.29) is 0 Å². The van der Waals surface area contributed by atoms with E-state index in [4.69, 9.17) is 27.5 Å². The number of halogens is 4. The number of hydrogen-bond acceptors (Lipinski definition) is 4. The summed E-state index contributed by atoms with van der Waals surface area (Å²) in [5.41, 5.74) is -1.46. The zero-order valence-electron chi connectivity index (χ0n) is 7.29. The molecule has 0 radical (unpaired) electrons. The molecule has 0 saturated carbocycles. The summed E-state index contributed by atoms with van der Waals surface area (Å²) in [6, 6.07) is 2.21. The summed E-state index contributed by atoms with van der Waals surface area (Å²) in [6.07, 6.45) is -3.09. The van der Waals surface area contributed by atoms with Crippen molar-refractivity contribution >= 4 is 31.3 Å². The lowest BCUT2D eigenvalue weighted by atomic mass is 10.2. The molecule has 1 aromatic rings. The fraction of sp³-hybridized carbons (Fsp3) is 0.143. The van der Waals surface area contributed by atoms with Gasteiger partial charge in [0.1, 0.15) is 11.8 Å². The molecular formula is C7H2Cl2F2N2O2S. The molecule has 0 aromatic carbocycles. The molecule has 0 aliphatic rings. The van der Waals surface area contributed by atoms with Crippen LogP contribution in [0.3, 0.4) is 0 Å². The van der Waals surface area contributed by atoms with Gasteiger partial charge in [-0.3, -0.25) is 0 Å². The highest BCUT2D eigenvalue weighted by molar-refractivity contribution is 8.13. The Morgan fingerprint density at radius 3 is 2.44 bits per heavy atom. The van der Waals surface area contributed by atoms with Gasteiger partial charge in [-0.2, -0.15) is 5.26 Å². The number of nitrogens with zero attached hydrogens (tertiary/aromatic N) is 2. The van der Waals surface area contributed by atoms with Crippen LogP contribution in [0, 0.1) is 11.3 Å². The van der Waals surface area contributed by atoms with Gasteiger partial charge in [-0.05, 0) is 6.07 Å². The van der Waals surface area contributed by atoms with Crippen molar-refractivity contribution in [2.45, 2.75) is 11.5 Å². The van der Waals surface area contributed by atoms with E-state index in [1.165, 1.54) is 6.07 Å². The molecule has 0 bridgehead atoms. The first-order valence-electron chi connectivity index (χ1n) is 3.60. The highest BCUT2D eigenvalue weighted by Crippen LogP contribution is 2.29. The smallest absolute Gasteiger partial charge is 0.231 e. The molecule has 1 aromatic heterocycles. The van der Waals surface area contributed by atoms with E-state index in [0.29, 0.717) is 0 Å². The Morgan fingerprint density at radius 2 is 2.06 bits per heavy atom. The summed E-state index contributed by atoms with van der Waals surface area (Å²) in [5.74, 6) is 0. The van der Waals surface area contributed by atoms with Crippen molar-refractivity contribution in [1.82, 2.24) is 4.98 Å². The Labute approximate surface area is 98.8 Å². The minimum Gasteiger partial charge on any atom is -0.231 e. The lowest BCUT2D eigenvalue weighted by molar-refractivity contribution is 0.145. The fourth-order valence-electron chi connectivity index (χ4n) is 0.912. The van der Waals surface area contributed by atoms with Gasteiger partial charge in [0.15, 0.2) is 5.03 Å². The second kappa shape index (κ2) is 4.49. The monoisotopic (exact) mass is 286 g/mol. The average molecular weight is 287 g/mol. The molecule has 0 atom stereocenters. The molecule has 16 heavy (non-hydrogen) atoms. The van der Waals surface area contributed by atoms with Crippen molar-refractivity contribution in [1.29, 1.82) is 5.26 Å². The molecule has 1 rings (SSSR count). The highest BCUT2D eigenvalue weighted by atomic mass is 35.7. The molecule has 0 unspecified atom stereocenters. The molecule has 0 fully saturated rings. The van der Waals surface area contributed by atoms with Crippen molar-refractivity contribution < 1.29 is 17.2 Å². The summed E-state index contributed by atoms with van der Waals surface area (Å²) >= 11 is 5.45. The van der Waals surface area contributed by atoms with E-state index >= 15 is 0 Å². The Bertz CT molecular complexity index is 568. The average Bonchev–Trinajstić information content (AvgIpc) is 2.14. The van der Waals surface area contributed by atoms with Gasteiger partial charge >= 0.3 is 0 Å². The third-order valence-electron chi connectivity index (χ3n) is 1.53.